The molecule has 4 fully saturated rings. The van der Waals surface area contributed by atoms with Gasteiger partial charge in [-0.25, -0.2) is 0 Å². The Kier molecular flexibility index (Phi) is 6.35. The molecule has 0 aromatic rings. The fraction of sp³-hybridized carbons (Fsp3) is 0.862. The zero-order valence-corrected chi connectivity index (χ0v) is 20.5. The highest BCUT2D eigenvalue weighted by molar-refractivity contribution is 5.13. The topological polar surface area (TPSA) is 20.2 Å². The Balaban J connectivity index is 1.50. The Morgan fingerprint density at radius 3 is 2.40 bits per heavy atom. The molecule has 4 aliphatic rings. The fourth-order valence-corrected chi connectivity index (χ4v) is 9.23. The van der Waals surface area contributed by atoms with Gasteiger partial charge in [0, 0.05) is 0 Å². The molecule has 4 aliphatic carbocycles. The molecule has 10 atom stereocenters. The normalized spacial score (nSPS) is 47.9. The predicted molar refractivity (Wildman–Crippen MR) is 128 cm³/mol. The van der Waals surface area contributed by atoms with Crippen molar-refractivity contribution >= 4 is 0 Å². The zero-order chi connectivity index (χ0) is 21.7. The van der Waals surface area contributed by atoms with Crippen LogP contribution in [0.25, 0.3) is 0 Å². The third-order valence-electron chi connectivity index (χ3n) is 11.1. The van der Waals surface area contributed by atoms with Gasteiger partial charge in [-0.3, -0.25) is 0 Å². The van der Waals surface area contributed by atoms with Gasteiger partial charge in [0.1, 0.15) is 0 Å². The monoisotopic (exact) mass is 412 g/mol. The van der Waals surface area contributed by atoms with Crippen molar-refractivity contribution in [3.05, 3.63) is 24.3 Å². The Morgan fingerprint density at radius 2 is 1.70 bits per heavy atom. The van der Waals surface area contributed by atoms with E-state index in [9.17, 15) is 5.11 Å². The van der Waals surface area contributed by atoms with Gasteiger partial charge in [-0.15, -0.1) is 0 Å². The summed E-state index contributed by atoms with van der Waals surface area (Å²) in [5, 5.41) is 10.3. The second-order valence-corrected chi connectivity index (χ2v) is 12.4. The molecule has 0 aliphatic heterocycles. The van der Waals surface area contributed by atoms with Crippen LogP contribution >= 0.6 is 0 Å². The van der Waals surface area contributed by atoms with Crippen LogP contribution in [0, 0.1) is 52.3 Å². The number of fused-ring (bicyclic) bond motifs is 5. The lowest BCUT2D eigenvalue weighted by Gasteiger charge is -2.61. The fourth-order valence-electron chi connectivity index (χ4n) is 9.23. The van der Waals surface area contributed by atoms with Crippen molar-refractivity contribution in [2.75, 3.05) is 0 Å². The molecule has 1 heteroatoms. The van der Waals surface area contributed by atoms with E-state index < -0.39 is 0 Å². The van der Waals surface area contributed by atoms with Crippen molar-refractivity contribution in [2.45, 2.75) is 105 Å². The number of aliphatic hydroxyl groups excluding tert-OH is 1. The van der Waals surface area contributed by atoms with Crippen LogP contribution in [0.2, 0.25) is 0 Å². The molecule has 0 bridgehead atoms. The van der Waals surface area contributed by atoms with E-state index in [2.05, 4.69) is 53.3 Å². The van der Waals surface area contributed by atoms with Crippen LogP contribution in [0.5, 0.6) is 0 Å². The second-order valence-electron chi connectivity index (χ2n) is 12.4. The molecule has 0 spiro atoms. The third-order valence-corrected chi connectivity index (χ3v) is 11.1. The molecule has 1 nitrogen and oxygen atoms in total. The van der Waals surface area contributed by atoms with Crippen LogP contribution in [0.3, 0.4) is 0 Å². The van der Waals surface area contributed by atoms with Gasteiger partial charge < -0.3 is 5.11 Å². The Labute approximate surface area is 186 Å². The molecular formula is C29H48O. The van der Waals surface area contributed by atoms with Crippen molar-refractivity contribution in [3.63, 3.8) is 0 Å². The summed E-state index contributed by atoms with van der Waals surface area (Å²) >= 11 is 0. The van der Waals surface area contributed by atoms with Crippen LogP contribution in [0.4, 0.5) is 0 Å². The first-order valence-corrected chi connectivity index (χ1v) is 13.2. The van der Waals surface area contributed by atoms with Gasteiger partial charge in [-0.2, -0.15) is 0 Å². The number of allylic oxidation sites excluding steroid dienone is 3. The molecule has 0 unspecified atom stereocenters. The Bertz CT molecular complexity index is 663. The van der Waals surface area contributed by atoms with Gasteiger partial charge in [0.2, 0.25) is 0 Å². The Hall–Kier alpha value is -0.560. The van der Waals surface area contributed by atoms with E-state index in [0.29, 0.717) is 22.7 Å². The van der Waals surface area contributed by atoms with Gasteiger partial charge in [0.15, 0.2) is 0 Å². The minimum atomic E-state index is -0.0249. The number of hydrogen-bond acceptors (Lipinski definition) is 1. The molecule has 30 heavy (non-hydrogen) atoms. The first-order valence-electron chi connectivity index (χ1n) is 13.2. The van der Waals surface area contributed by atoms with E-state index in [-0.39, 0.29) is 6.10 Å². The van der Waals surface area contributed by atoms with E-state index in [1.54, 1.807) is 0 Å². The van der Waals surface area contributed by atoms with Crippen LogP contribution in [0.15, 0.2) is 24.3 Å². The minimum Gasteiger partial charge on any atom is -0.393 e. The average Bonchev–Trinajstić information content (AvgIpc) is 3.06. The van der Waals surface area contributed by atoms with E-state index in [4.69, 9.17) is 0 Å². The summed E-state index contributed by atoms with van der Waals surface area (Å²) in [4.78, 5) is 0. The van der Waals surface area contributed by atoms with Gasteiger partial charge in [0.05, 0.1) is 6.10 Å². The second kappa shape index (κ2) is 8.42. The maximum atomic E-state index is 10.3. The van der Waals surface area contributed by atoms with Crippen molar-refractivity contribution < 1.29 is 5.11 Å². The molecular weight excluding hydrogens is 364 g/mol. The first-order chi connectivity index (χ1) is 14.2. The highest BCUT2D eigenvalue weighted by Crippen LogP contribution is 2.68. The van der Waals surface area contributed by atoms with Crippen LogP contribution < -0.4 is 0 Å². The summed E-state index contributed by atoms with van der Waals surface area (Å²) in [5.74, 6) is 5.65. The molecule has 170 valence electrons. The molecule has 0 saturated heterocycles. The average molecular weight is 413 g/mol. The third kappa shape index (κ3) is 3.66. The lowest BCUT2D eigenvalue weighted by atomic mass is 9.44. The molecule has 4 rings (SSSR count). The maximum Gasteiger partial charge on any atom is 0.0543 e. The van der Waals surface area contributed by atoms with Gasteiger partial charge in [-0.1, -0.05) is 52.0 Å². The maximum absolute atomic E-state index is 10.3. The van der Waals surface area contributed by atoms with Crippen LogP contribution in [-0.4, -0.2) is 11.2 Å². The largest absolute Gasteiger partial charge is 0.393 e. The molecule has 0 aromatic heterocycles. The SMILES string of the molecule is C=C(C)[C@H](/C=C/[C@@H](C)[C@H]1CC[C@H]2[C@@H]3CC[C@H]4C[C@@H](O)CC[C@]4(C)[C@H]3CC[C@]12C)CC. The highest BCUT2D eigenvalue weighted by Gasteiger charge is 2.60. The molecule has 0 aromatic carbocycles. The van der Waals surface area contributed by atoms with Crippen molar-refractivity contribution in [2.24, 2.45) is 52.3 Å². The summed E-state index contributed by atoms with van der Waals surface area (Å²) < 4.78 is 0. The highest BCUT2D eigenvalue weighted by atomic mass is 16.3. The number of rotatable bonds is 5. The zero-order valence-electron chi connectivity index (χ0n) is 20.5. The van der Waals surface area contributed by atoms with E-state index >= 15 is 0 Å². The standard InChI is InChI=1S/C29H48O/c1-7-21(19(2)3)9-8-20(4)25-12-13-26-24-11-10-22-18-23(30)14-16-28(22,5)27(24)15-17-29(25,26)6/h8-9,20-27,30H,2,7,10-18H2,1,3-6H3/b9-8+/t20-,21+,22+,23+,24+,25-,26+,27+,28+,29-/m1/s1. The summed E-state index contributed by atoms with van der Waals surface area (Å²) in [6.45, 7) is 16.4. The lowest BCUT2D eigenvalue weighted by Crippen LogP contribution is -2.54. The van der Waals surface area contributed by atoms with Crippen molar-refractivity contribution in [3.8, 4) is 0 Å². The van der Waals surface area contributed by atoms with Crippen LogP contribution in [-0.2, 0) is 0 Å². The van der Waals surface area contributed by atoms with Gasteiger partial charge >= 0.3 is 0 Å². The van der Waals surface area contributed by atoms with E-state index in [1.807, 2.05) is 0 Å². The minimum absolute atomic E-state index is 0.0249. The predicted octanol–water partition coefficient (Wildman–Crippen LogP) is 7.80. The van der Waals surface area contributed by atoms with Crippen LogP contribution in [0.1, 0.15) is 98.8 Å². The van der Waals surface area contributed by atoms with Crippen molar-refractivity contribution in [1.82, 2.24) is 0 Å². The molecule has 4 saturated carbocycles. The number of hydrogen-bond donors (Lipinski definition) is 1. The Morgan fingerprint density at radius 1 is 1.00 bits per heavy atom. The summed E-state index contributed by atoms with van der Waals surface area (Å²) in [5.41, 5.74) is 2.34. The van der Waals surface area contributed by atoms with Crippen molar-refractivity contribution in [1.29, 1.82) is 0 Å². The summed E-state index contributed by atoms with van der Waals surface area (Å²) in [7, 11) is 0. The quantitative estimate of drug-likeness (QED) is 0.457. The summed E-state index contributed by atoms with van der Waals surface area (Å²) in [6, 6.07) is 0. The van der Waals surface area contributed by atoms with E-state index in [1.165, 1.54) is 56.9 Å². The molecule has 0 amide bonds. The smallest absolute Gasteiger partial charge is 0.0543 e. The molecule has 0 heterocycles. The van der Waals surface area contributed by atoms with E-state index in [0.717, 1.165) is 42.4 Å². The molecule has 1 N–H and O–H groups in total. The van der Waals surface area contributed by atoms with Gasteiger partial charge in [0.25, 0.3) is 0 Å². The van der Waals surface area contributed by atoms with Gasteiger partial charge in [-0.05, 0) is 123 Å². The first kappa shape index (κ1) is 22.6. The molecule has 0 radical (unpaired) electrons. The number of aliphatic hydroxyl groups is 1. The summed E-state index contributed by atoms with van der Waals surface area (Å²) in [6.07, 6.45) is 18.1. The lowest BCUT2D eigenvalue weighted by molar-refractivity contribution is -0.128.